The lowest BCUT2D eigenvalue weighted by atomic mass is 10.1. The van der Waals surface area contributed by atoms with Crippen LogP contribution in [0.1, 0.15) is 6.42 Å². The summed E-state index contributed by atoms with van der Waals surface area (Å²) >= 11 is 0. The third kappa shape index (κ3) is 4.04. The maximum Gasteiger partial charge on any atom is 0.257 e. The first kappa shape index (κ1) is 12.9. The van der Waals surface area contributed by atoms with Crippen molar-refractivity contribution in [2.45, 2.75) is 6.42 Å². The van der Waals surface area contributed by atoms with E-state index in [2.05, 4.69) is 17.3 Å². The van der Waals surface area contributed by atoms with Crippen molar-refractivity contribution in [3.05, 3.63) is 30.3 Å². The summed E-state index contributed by atoms with van der Waals surface area (Å²) in [4.78, 5) is 13.9. The second-order valence-corrected chi connectivity index (χ2v) is 4.82. The number of nitrogens with zero attached hydrogens (tertiary/aromatic N) is 1. The Bertz CT molecular complexity index is 381. The molecule has 1 atom stereocenters. The van der Waals surface area contributed by atoms with Crippen LogP contribution >= 0.6 is 0 Å². The largest absolute Gasteiger partial charge is 0.484 e. The number of hydrogen-bond acceptors (Lipinski definition) is 3. The Morgan fingerprint density at radius 3 is 2.89 bits per heavy atom. The average molecular weight is 248 g/mol. The van der Waals surface area contributed by atoms with Crippen LogP contribution < -0.4 is 10.1 Å². The van der Waals surface area contributed by atoms with Crippen LogP contribution in [0.3, 0.4) is 0 Å². The summed E-state index contributed by atoms with van der Waals surface area (Å²) in [5, 5.41) is 2.92. The lowest BCUT2D eigenvalue weighted by molar-refractivity contribution is -0.123. The number of nitrogens with one attached hydrogen (secondary N) is 1. The van der Waals surface area contributed by atoms with E-state index >= 15 is 0 Å². The highest BCUT2D eigenvalue weighted by atomic mass is 16.5. The molecule has 1 unspecified atom stereocenters. The number of para-hydroxylation sites is 1. The molecule has 1 N–H and O–H groups in total. The first-order chi connectivity index (χ1) is 8.74. The van der Waals surface area contributed by atoms with Gasteiger partial charge in [-0.05, 0) is 38.1 Å². The molecule has 4 nitrogen and oxygen atoms in total. The molecule has 1 aromatic rings. The summed E-state index contributed by atoms with van der Waals surface area (Å²) < 4.78 is 5.38. The number of likely N-dealkylation sites (tertiary alicyclic amines) is 1. The number of benzene rings is 1. The Kier molecular flexibility index (Phi) is 4.59. The molecule has 1 aliphatic rings. The Morgan fingerprint density at radius 2 is 2.22 bits per heavy atom. The van der Waals surface area contributed by atoms with Gasteiger partial charge in [0.1, 0.15) is 5.75 Å². The molecule has 1 amide bonds. The van der Waals surface area contributed by atoms with Gasteiger partial charge in [0.25, 0.3) is 5.91 Å². The van der Waals surface area contributed by atoms with E-state index in [-0.39, 0.29) is 12.5 Å². The highest BCUT2D eigenvalue weighted by Gasteiger charge is 2.19. The Morgan fingerprint density at radius 1 is 1.44 bits per heavy atom. The third-order valence-corrected chi connectivity index (χ3v) is 3.19. The third-order valence-electron chi connectivity index (χ3n) is 3.19. The van der Waals surface area contributed by atoms with Crippen LogP contribution in [-0.2, 0) is 4.79 Å². The van der Waals surface area contributed by atoms with E-state index in [1.54, 1.807) is 0 Å². The van der Waals surface area contributed by atoms with E-state index in [9.17, 15) is 4.79 Å². The summed E-state index contributed by atoms with van der Waals surface area (Å²) in [6.45, 7) is 3.04. The van der Waals surface area contributed by atoms with E-state index < -0.39 is 0 Å². The molecule has 0 bridgehead atoms. The molecule has 0 aromatic heterocycles. The first-order valence-electron chi connectivity index (χ1n) is 6.37. The highest BCUT2D eigenvalue weighted by molar-refractivity contribution is 5.77. The lowest BCUT2D eigenvalue weighted by Gasteiger charge is -2.12. The summed E-state index contributed by atoms with van der Waals surface area (Å²) in [6, 6.07) is 9.39. The molecule has 0 aliphatic carbocycles. The molecule has 1 saturated heterocycles. The predicted octanol–water partition coefficient (Wildman–Crippen LogP) is 1.13. The second-order valence-electron chi connectivity index (χ2n) is 4.82. The predicted molar refractivity (Wildman–Crippen MR) is 70.6 cm³/mol. The monoisotopic (exact) mass is 248 g/mol. The van der Waals surface area contributed by atoms with E-state index in [0.29, 0.717) is 5.92 Å². The van der Waals surface area contributed by atoms with Gasteiger partial charge in [-0.2, -0.15) is 0 Å². The summed E-state index contributed by atoms with van der Waals surface area (Å²) in [7, 11) is 2.11. The lowest BCUT2D eigenvalue weighted by Crippen LogP contribution is -2.33. The van der Waals surface area contributed by atoms with Gasteiger partial charge in [0.15, 0.2) is 6.61 Å². The van der Waals surface area contributed by atoms with Crippen molar-refractivity contribution < 1.29 is 9.53 Å². The maximum absolute atomic E-state index is 11.6. The molecule has 0 radical (unpaired) electrons. The highest BCUT2D eigenvalue weighted by Crippen LogP contribution is 2.12. The minimum atomic E-state index is -0.0478. The van der Waals surface area contributed by atoms with Crippen molar-refractivity contribution in [1.29, 1.82) is 0 Å². The van der Waals surface area contributed by atoms with Crippen LogP contribution in [0.15, 0.2) is 30.3 Å². The van der Waals surface area contributed by atoms with Crippen LogP contribution in [0.4, 0.5) is 0 Å². The number of carbonyl (C=O) groups is 1. The zero-order chi connectivity index (χ0) is 12.8. The smallest absolute Gasteiger partial charge is 0.257 e. The number of rotatable bonds is 5. The summed E-state index contributed by atoms with van der Waals surface area (Å²) in [5.74, 6) is 1.26. The molecule has 1 heterocycles. The summed E-state index contributed by atoms with van der Waals surface area (Å²) in [6.07, 6.45) is 1.16. The van der Waals surface area contributed by atoms with Crippen molar-refractivity contribution in [2.75, 3.05) is 33.3 Å². The van der Waals surface area contributed by atoms with Crippen LogP contribution in [0, 0.1) is 5.92 Å². The quantitative estimate of drug-likeness (QED) is 0.849. The molecule has 1 fully saturated rings. The number of carbonyl (C=O) groups excluding carboxylic acids is 1. The van der Waals surface area contributed by atoms with Crippen molar-refractivity contribution in [1.82, 2.24) is 10.2 Å². The second kappa shape index (κ2) is 6.40. The molecule has 4 heteroatoms. The van der Waals surface area contributed by atoms with E-state index in [1.807, 2.05) is 30.3 Å². The maximum atomic E-state index is 11.6. The van der Waals surface area contributed by atoms with E-state index in [1.165, 1.54) is 0 Å². The van der Waals surface area contributed by atoms with Crippen molar-refractivity contribution in [3.8, 4) is 5.75 Å². The Labute approximate surface area is 108 Å². The zero-order valence-electron chi connectivity index (χ0n) is 10.8. The SMILES string of the molecule is CN1CCC(CNC(=O)COc2ccccc2)C1. The Balaban J connectivity index is 1.63. The van der Waals surface area contributed by atoms with Gasteiger partial charge in [-0.3, -0.25) is 4.79 Å². The topological polar surface area (TPSA) is 41.6 Å². The van der Waals surface area contributed by atoms with Gasteiger partial charge in [0.2, 0.25) is 0 Å². The number of ether oxygens (including phenoxy) is 1. The molecular weight excluding hydrogens is 228 g/mol. The van der Waals surface area contributed by atoms with E-state index in [0.717, 1.165) is 31.8 Å². The van der Waals surface area contributed by atoms with Gasteiger partial charge in [-0.1, -0.05) is 18.2 Å². The van der Waals surface area contributed by atoms with Crippen molar-refractivity contribution in [3.63, 3.8) is 0 Å². The Hall–Kier alpha value is -1.55. The van der Waals surface area contributed by atoms with Crippen LogP contribution in [0.2, 0.25) is 0 Å². The molecule has 18 heavy (non-hydrogen) atoms. The number of hydrogen-bond donors (Lipinski definition) is 1. The molecule has 1 aromatic carbocycles. The zero-order valence-corrected chi connectivity index (χ0v) is 10.8. The molecule has 0 spiro atoms. The van der Waals surface area contributed by atoms with E-state index in [4.69, 9.17) is 4.74 Å². The minimum absolute atomic E-state index is 0.0478. The average Bonchev–Trinajstić information content (AvgIpc) is 2.81. The standard InChI is InChI=1S/C14H20N2O2/c1-16-8-7-12(10-16)9-15-14(17)11-18-13-5-3-2-4-6-13/h2-6,12H,7-11H2,1H3,(H,15,17). The van der Waals surface area contributed by atoms with Crippen LogP contribution in [-0.4, -0.2) is 44.1 Å². The minimum Gasteiger partial charge on any atom is -0.484 e. The fourth-order valence-corrected chi connectivity index (χ4v) is 2.17. The fourth-order valence-electron chi connectivity index (χ4n) is 2.17. The first-order valence-corrected chi connectivity index (χ1v) is 6.37. The van der Waals surface area contributed by atoms with Crippen LogP contribution in [0.5, 0.6) is 5.75 Å². The molecule has 98 valence electrons. The fraction of sp³-hybridized carbons (Fsp3) is 0.500. The number of amides is 1. The van der Waals surface area contributed by atoms with Crippen molar-refractivity contribution in [2.24, 2.45) is 5.92 Å². The van der Waals surface area contributed by atoms with Gasteiger partial charge in [-0.15, -0.1) is 0 Å². The molecule has 1 aliphatic heterocycles. The van der Waals surface area contributed by atoms with Crippen molar-refractivity contribution >= 4 is 5.91 Å². The van der Waals surface area contributed by atoms with Gasteiger partial charge in [0.05, 0.1) is 0 Å². The van der Waals surface area contributed by atoms with Gasteiger partial charge in [-0.25, -0.2) is 0 Å². The molecule has 0 saturated carbocycles. The van der Waals surface area contributed by atoms with Gasteiger partial charge in [0, 0.05) is 13.1 Å². The molecule has 2 rings (SSSR count). The summed E-state index contributed by atoms with van der Waals surface area (Å²) in [5.41, 5.74) is 0. The normalized spacial score (nSPS) is 19.7. The molecular formula is C14H20N2O2. The van der Waals surface area contributed by atoms with Gasteiger partial charge < -0.3 is 15.0 Å². The van der Waals surface area contributed by atoms with Gasteiger partial charge >= 0.3 is 0 Å². The van der Waals surface area contributed by atoms with Crippen LogP contribution in [0.25, 0.3) is 0 Å².